The Morgan fingerprint density at radius 1 is 1.09 bits per heavy atom. The summed E-state index contributed by atoms with van der Waals surface area (Å²) in [4.78, 5) is 14.2. The Labute approximate surface area is 123 Å². The zero-order valence-electron chi connectivity index (χ0n) is 10.9. The van der Waals surface area contributed by atoms with Crippen molar-refractivity contribution in [3.05, 3.63) is 34.0 Å². The fourth-order valence-electron chi connectivity index (χ4n) is 1.92. The van der Waals surface area contributed by atoms with Crippen LogP contribution in [0.15, 0.2) is 0 Å². The average molecular weight is 339 g/mol. The molecule has 22 heavy (non-hydrogen) atoms. The van der Waals surface area contributed by atoms with Crippen LogP contribution in [0.2, 0.25) is 0 Å². The Bertz CT molecular complexity index is 762. The molecule has 1 unspecified atom stereocenters. The Balaban J connectivity index is 2.93. The lowest BCUT2D eigenvalue weighted by atomic mass is 10.1. The van der Waals surface area contributed by atoms with Crippen LogP contribution in [0.25, 0.3) is 11.3 Å². The van der Waals surface area contributed by atoms with Crippen LogP contribution >= 0.6 is 10.5 Å². The third-order valence-corrected chi connectivity index (χ3v) is 4.90. The summed E-state index contributed by atoms with van der Waals surface area (Å²) in [5, 5.41) is 8.92. The predicted molar refractivity (Wildman–Crippen MR) is 69.0 cm³/mol. The van der Waals surface area contributed by atoms with Crippen molar-refractivity contribution in [1.29, 1.82) is 0 Å². The summed E-state index contributed by atoms with van der Waals surface area (Å²) in [7, 11) is -1.28. The molecule has 0 saturated carbocycles. The molecule has 0 saturated heterocycles. The lowest BCUT2D eigenvalue weighted by molar-refractivity contribution is 0.0702. The highest BCUT2D eigenvalue weighted by Gasteiger charge is 2.37. The second kappa shape index (κ2) is 5.52. The summed E-state index contributed by atoms with van der Waals surface area (Å²) in [6.45, 7) is 1.55. The number of carboxylic acid groups (broad SMARTS) is 1. The Morgan fingerprint density at radius 2 is 1.55 bits per heavy atom. The lowest BCUT2D eigenvalue weighted by Crippen LogP contribution is -2.07. The van der Waals surface area contributed by atoms with Gasteiger partial charge in [-0.15, -0.1) is 0 Å². The number of rotatable bonds is 3. The van der Waals surface area contributed by atoms with Gasteiger partial charge >= 0.3 is 11.1 Å². The molecule has 2 rings (SSSR count). The molecule has 1 atom stereocenters. The summed E-state index contributed by atoms with van der Waals surface area (Å²) >= 11 is 0. The minimum atomic E-state index is -2.33. The van der Waals surface area contributed by atoms with E-state index in [1.807, 2.05) is 0 Å². The topological polar surface area (TPSA) is 76.2 Å². The highest BCUT2D eigenvalue weighted by molar-refractivity contribution is 7.35. The number of aromatic carboxylic acids is 1. The van der Waals surface area contributed by atoms with Crippen molar-refractivity contribution in [1.82, 2.24) is 4.98 Å². The average Bonchev–Trinajstić information content (AvgIpc) is 2.79. The molecule has 1 aromatic heterocycles. The van der Waals surface area contributed by atoms with Crippen molar-refractivity contribution in [2.75, 3.05) is 5.73 Å². The third-order valence-electron chi connectivity index (χ3n) is 2.87. The number of anilines is 1. The predicted octanol–water partition coefficient (Wildman–Crippen LogP) is 3.49. The maximum atomic E-state index is 13.8. The number of carboxylic acids is 1. The number of thiazole rings is 1. The summed E-state index contributed by atoms with van der Waals surface area (Å²) in [5.41, 5.74) is 3.27. The Morgan fingerprint density at radius 3 is 1.95 bits per heavy atom. The van der Waals surface area contributed by atoms with E-state index in [4.69, 9.17) is 10.8 Å². The summed E-state index contributed by atoms with van der Waals surface area (Å²) in [6.07, 6.45) is 0. The van der Waals surface area contributed by atoms with E-state index < -0.39 is 61.7 Å². The molecule has 2 aromatic rings. The summed E-state index contributed by atoms with van der Waals surface area (Å²) in [5.74, 6) is -12.4. The van der Waals surface area contributed by atoms with Gasteiger partial charge in [0.2, 0.25) is 5.82 Å². The molecule has 4 nitrogen and oxygen atoms in total. The van der Waals surface area contributed by atoms with Crippen LogP contribution in [0.1, 0.15) is 16.6 Å². The van der Waals surface area contributed by atoms with Crippen molar-refractivity contribution in [3.63, 3.8) is 0 Å². The van der Waals surface area contributed by atoms with Crippen molar-refractivity contribution in [3.8, 4) is 11.3 Å². The van der Waals surface area contributed by atoms with E-state index in [9.17, 15) is 26.7 Å². The Kier molecular flexibility index (Phi) is 4.05. The number of aromatic nitrogens is 1. The van der Waals surface area contributed by atoms with Gasteiger partial charge < -0.3 is 10.8 Å². The first kappa shape index (κ1) is 16.1. The maximum absolute atomic E-state index is 13.8. The number of nitrogens with two attached hydrogens (primary N) is 1. The van der Waals surface area contributed by atoms with Gasteiger partial charge in [-0.2, -0.15) is 4.98 Å². The van der Waals surface area contributed by atoms with Crippen LogP contribution in [0.3, 0.4) is 0 Å². The number of halogens is 5. The van der Waals surface area contributed by atoms with Gasteiger partial charge in [-0.05, 0) is 6.92 Å². The van der Waals surface area contributed by atoms with E-state index in [-0.39, 0.29) is 10.9 Å². The van der Waals surface area contributed by atoms with Gasteiger partial charge in [0.25, 0.3) is 4.88 Å². The van der Waals surface area contributed by atoms with E-state index in [1.165, 1.54) is 0 Å². The second-order valence-corrected chi connectivity index (χ2v) is 6.24. The number of benzene rings is 1. The first-order valence-corrected chi connectivity index (χ1v) is 7.16. The summed E-state index contributed by atoms with van der Waals surface area (Å²) in [6, 6.07) is 0. The van der Waals surface area contributed by atoms with E-state index >= 15 is 0 Å². The standard InChI is InChI=1S/C12H7F5N2O2S/c1-2-22-10(11(20)21)9(19-12(22)18)3-4(13)6(15)8(17)7(16)5(3)14/h2H2,1H3,(H2-,18,19,20,21)/p+1. The first-order chi connectivity index (χ1) is 10.2. The van der Waals surface area contributed by atoms with Gasteiger partial charge in [0.1, 0.15) is 5.75 Å². The molecule has 118 valence electrons. The fraction of sp³-hybridized carbons (Fsp3) is 0.167. The van der Waals surface area contributed by atoms with E-state index in [0.29, 0.717) is 0 Å². The zero-order valence-corrected chi connectivity index (χ0v) is 11.7. The molecule has 0 aliphatic rings. The molecule has 0 spiro atoms. The fourth-order valence-corrected chi connectivity index (χ4v) is 3.51. The number of nitrogens with zero attached hydrogens (tertiary/aromatic N) is 1. The van der Waals surface area contributed by atoms with E-state index in [1.54, 1.807) is 6.92 Å². The molecule has 0 aliphatic heterocycles. The minimum Gasteiger partial charge on any atom is -0.474 e. The monoisotopic (exact) mass is 339 g/mol. The van der Waals surface area contributed by atoms with Gasteiger partial charge in [0.05, 0.1) is 5.56 Å². The van der Waals surface area contributed by atoms with Crippen LogP contribution in [-0.2, 0) is 5.75 Å². The van der Waals surface area contributed by atoms with Crippen molar-refractivity contribution >= 4 is 21.6 Å². The SMILES string of the molecule is CC[s+]1c(N)nc(-c2c(F)c(F)c(F)c(F)c2F)c1C(=O)O. The molecule has 1 aromatic carbocycles. The molecule has 0 radical (unpaired) electrons. The van der Waals surface area contributed by atoms with Crippen molar-refractivity contribution < 1.29 is 31.9 Å². The normalized spacial score (nSPS) is 11.8. The number of hydrogen-bond acceptors (Lipinski definition) is 3. The van der Waals surface area contributed by atoms with Gasteiger partial charge in [-0.25, -0.2) is 26.7 Å². The molecule has 0 fully saturated rings. The number of carbonyl (C=O) groups is 1. The number of nitrogen functional groups attached to an aromatic ring is 1. The zero-order chi connectivity index (χ0) is 16.8. The van der Waals surface area contributed by atoms with Gasteiger partial charge in [0.15, 0.2) is 29.0 Å². The van der Waals surface area contributed by atoms with Crippen molar-refractivity contribution in [2.45, 2.75) is 12.7 Å². The number of hydrogen-bond donors (Lipinski definition) is 2. The maximum Gasteiger partial charge on any atom is 0.391 e. The molecule has 10 heteroatoms. The van der Waals surface area contributed by atoms with Gasteiger partial charge in [0, 0.05) is 10.5 Å². The van der Waals surface area contributed by atoms with Gasteiger partial charge in [-0.3, -0.25) is 0 Å². The molecule has 0 bridgehead atoms. The van der Waals surface area contributed by atoms with Crippen LogP contribution in [0.4, 0.5) is 27.1 Å². The quantitative estimate of drug-likeness (QED) is 0.388. The van der Waals surface area contributed by atoms with Gasteiger partial charge in [-0.1, -0.05) is 0 Å². The molecule has 0 amide bonds. The highest BCUT2D eigenvalue weighted by atomic mass is 32.2. The van der Waals surface area contributed by atoms with Crippen LogP contribution in [0.5, 0.6) is 0 Å². The largest absolute Gasteiger partial charge is 0.474 e. The van der Waals surface area contributed by atoms with E-state index in [2.05, 4.69) is 4.98 Å². The molecule has 3 N–H and O–H groups in total. The smallest absolute Gasteiger partial charge is 0.391 e. The van der Waals surface area contributed by atoms with Crippen LogP contribution < -0.4 is 5.73 Å². The lowest BCUT2D eigenvalue weighted by Gasteiger charge is -2.05. The van der Waals surface area contributed by atoms with Crippen LogP contribution in [0, 0.1) is 29.1 Å². The molecular formula is C12H8F5N2O2S+. The third kappa shape index (κ3) is 2.19. The molecule has 0 aliphatic carbocycles. The molecule has 1 heterocycles. The van der Waals surface area contributed by atoms with Crippen molar-refractivity contribution in [2.24, 2.45) is 0 Å². The minimum absolute atomic E-state index is 0.163. The second-order valence-electron chi connectivity index (χ2n) is 4.06. The van der Waals surface area contributed by atoms with E-state index in [0.717, 1.165) is 0 Å². The highest BCUT2D eigenvalue weighted by Crippen LogP contribution is 2.42. The first-order valence-electron chi connectivity index (χ1n) is 5.76. The Hall–Kier alpha value is -2.23. The van der Waals surface area contributed by atoms with Crippen LogP contribution in [-0.4, -0.2) is 16.1 Å². The molecular weight excluding hydrogens is 331 g/mol. The summed E-state index contributed by atoms with van der Waals surface area (Å²) < 4.78 is 67.1.